The molecule has 0 bridgehead atoms. The second kappa shape index (κ2) is 7.07. The summed E-state index contributed by atoms with van der Waals surface area (Å²) in [5, 5.41) is 3.73. The third kappa shape index (κ3) is 5.76. The lowest BCUT2D eigenvalue weighted by Gasteiger charge is -2.19. The summed E-state index contributed by atoms with van der Waals surface area (Å²) in [4.78, 5) is 6.04. The van der Waals surface area contributed by atoms with Gasteiger partial charge in [-0.25, -0.2) is 13.4 Å². The number of sulfone groups is 1. The van der Waals surface area contributed by atoms with E-state index in [1.54, 1.807) is 18.1 Å². The molecule has 0 saturated carbocycles. The summed E-state index contributed by atoms with van der Waals surface area (Å²) < 4.78 is 22.3. The van der Waals surface area contributed by atoms with Gasteiger partial charge in [0.2, 0.25) is 0 Å². The van der Waals surface area contributed by atoms with E-state index in [1.807, 2.05) is 13.0 Å². The first-order chi connectivity index (χ1) is 8.83. The zero-order chi connectivity index (χ0) is 14.5. The molecule has 0 aromatic carbocycles. The Labute approximate surface area is 119 Å². The lowest BCUT2D eigenvalue weighted by atomic mass is 10.2. The van der Waals surface area contributed by atoms with Crippen molar-refractivity contribution in [3.8, 4) is 0 Å². The van der Waals surface area contributed by atoms with Crippen LogP contribution in [0.25, 0.3) is 0 Å². The lowest BCUT2D eigenvalue weighted by molar-refractivity contribution is 0.601. The first-order valence-electron chi connectivity index (χ1n) is 6.07. The van der Waals surface area contributed by atoms with Crippen LogP contribution < -0.4 is 10.2 Å². The zero-order valence-electron chi connectivity index (χ0n) is 11.5. The molecule has 1 N–H and O–H groups in total. The van der Waals surface area contributed by atoms with E-state index in [9.17, 15) is 8.42 Å². The smallest absolute Gasteiger partial charge is 0.149 e. The molecule has 19 heavy (non-hydrogen) atoms. The number of pyridine rings is 1. The molecule has 7 heteroatoms. The molecule has 0 radical (unpaired) electrons. The second-order valence-corrected chi connectivity index (χ2v) is 7.15. The van der Waals surface area contributed by atoms with Gasteiger partial charge in [0.15, 0.2) is 0 Å². The molecule has 0 spiro atoms. The Morgan fingerprint density at radius 2 is 2.16 bits per heavy atom. The minimum absolute atomic E-state index is 0.0840. The van der Waals surface area contributed by atoms with Crippen LogP contribution in [0.3, 0.4) is 0 Å². The van der Waals surface area contributed by atoms with Crippen LogP contribution in [0.15, 0.2) is 12.3 Å². The summed E-state index contributed by atoms with van der Waals surface area (Å²) >= 11 is 6.17. The molecule has 0 aliphatic carbocycles. The topological polar surface area (TPSA) is 62.3 Å². The number of aromatic nitrogens is 1. The van der Waals surface area contributed by atoms with Crippen molar-refractivity contribution in [2.45, 2.75) is 13.5 Å². The van der Waals surface area contributed by atoms with Crippen molar-refractivity contribution in [3.05, 3.63) is 22.8 Å². The molecule has 0 fully saturated rings. The van der Waals surface area contributed by atoms with Gasteiger partial charge in [0.05, 0.1) is 10.8 Å². The third-order valence-corrected chi connectivity index (χ3v) is 3.82. The highest BCUT2D eigenvalue weighted by molar-refractivity contribution is 7.90. The van der Waals surface area contributed by atoms with Crippen LogP contribution in [0.4, 0.5) is 5.82 Å². The van der Waals surface area contributed by atoms with Gasteiger partial charge in [-0.1, -0.05) is 18.5 Å². The van der Waals surface area contributed by atoms with Gasteiger partial charge in [-0.05, 0) is 18.2 Å². The second-order valence-electron chi connectivity index (χ2n) is 4.48. The normalized spacial score (nSPS) is 11.6. The molecular formula is C12H20ClN3O2S. The van der Waals surface area contributed by atoms with Crippen molar-refractivity contribution in [1.82, 2.24) is 10.3 Å². The summed E-state index contributed by atoms with van der Waals surface area (Å²) in [5.74, 6) is 0.686. The van der Waals surface area contributed by atoms with Crippen LogP contribution in [0.2, 0.25) is 5.02 Å². The highest BCUT2D eigenvalue weighted by Gasteiger charge is 2.11. The molecule has 1 rings (SSSR count). The molecule has 0 saturated heterocycles. The molecule has 1 aromatic heterocycles. The van der Waals surface area contributed by atoms with Gasteiger partial charge in [0, 0.05) is 32.6 Å². The van der Waals surface area contributed by atoms with Crippen molar-refractivity contribution in [3.63, 3.8) is 0 Å². The van der Waals surface area contributed by atoms with Gasteiger partial charge in [-0.15, -0.1) is 0 Å². The van der Waals surface area contributed by atoms with Crippen molar-refractivity contribution >= 4 is 27.3 Å². The molecule has 0 atom stereocenters. The number of nitrogens with one attached hydrogen (secondary N) is 1. The third-order valence-electron chi connectivity index (χ3n) is 2.62. The van der Waals surface area contributed by atoms with Crippen LogP contribution in [0.1, 0.15) is 12.5 Å². The van der Waals surface area contributed by atoms with Crippen LogP contribution in [0, 0.1) is 0 Å². The minimum atomic E-state index is -2.98. The van der Waals surface area contributed by atoms with Crippen LogP contribution in [-0.4, -0.2) is 45.5 Å². The summed E-state index contributed by atoms with van der Waals surface area (Å²) in [6.45, 7) is 4.00. The van der Waals surface area contributed by atoms with Crippen LogP contribution in [0.5, 0.6) is 0 Å². The number of anilines is 1. The maximum Gasteiger partial charge on any atom is 0.149 e. The van der Waals surface area contributed by atoms with Crippen LogP contribution in [-0.2, 0) is 16.4 Å². The van der Waals surface area contributed by atoms with E-state index < -0.39 is 9.84 Å². The quantitative estimate of drug-likeness (QED) is 0.823. The average molecular weight is 306 g/mol. The largest absolute Gasteiger partial charge is 0.357 e. The van der Waals surface area contributed by atoms with E-state index in [1.165, 1.54) is 6.26 Å². The van der Waals surface area contributed by atoms with Crippen molar-refractivity contribution in [2.24, 2.45) is 0 Å². The van der Waals surface area contributed by atoms with Gasteiger partial charge in [0.25, 0.3) is 0 Å². The Hall–Kier alpha value is -0.850. The Morgan fingerprint density at radius 3 is 2.68 bits per heavy atom. The molecule has 0 unspecified atom stereocenters. The Morgan fingerprint density at radius 1 is 1.47 bits per heavy atom. The number of halogens is 1. The van der Waals surface area contributed by atoms with Crippen LogP contribution >= 0.6 is 11.6 Å². The number of rotatable bonds is 7. The monoisotopic (exact) mass is 305 g/mol. The summed E-state index contributed by atoms with van der Waals surface area (Å²) in [7, 11) is -1.20. The Bertz CT molecular complexity index is 520. The summed E-state index contributed by atoms with van der Waals surface area (Å²) in [6, 6.07) is 1.85. The van der Waals surface area contributed by atoms with Gasteiger partial charge >= 0.3 is 0 Å². The predicted octanol–water partition coefficient (Wildman–Crippen LogP) is 1.33. The maximum absolute atomic E-state index is 11.1. The van der Waals surface area contributed by atoms with Crippen molar-refractivity contribution in [1.29, 1.82) is 0 Å². The highest BCUT2D eigenvalue weighted by Crippen LogP contribution is 2.23. The van der Waals surface area contributed by atoms with Gasteiger partial charge in [-0.2, -0.15) is 0 Å². The number of hydrogen-bond acceptors (Lipinski definition) is 5. The minimum Gasteiger partial charge on any atom is -0.357 e. The molecule has 0 aliphatic heterocycles. The van der Waals surface area contributed by atoms with Gasteiger partial charge in [-0.3, -0.25) is 0 Å². The Kier molecular flexibility index (Phi) is 6.03. The summed E-state index contributed by atoms with van der Waals surface area (Å²) in [5.41, 5.74) is 1.01. The molecular weight excluding hydrogens is 286 g/mol. The van der Waals surface area contributed by atoms with E-state index >= 15 is 0 Å². The fraction of sp³-hybridized carbons (Fsp3) is 0.583. The van der Waals surface area contributed by atoms with E-state index in [4.69, 9.17) is 11.6 Å². The van der Waals surface area contributed by atoms with E-state index in [0.29, 0.717) is 17.4 Å². The molecule has 0 aliphatic rings. The SMILES string of the molecule is CCNCc1cnc(N(C)CCS(C)(=O)=O)c(Cl)c1. The summed E-state index contributed by atoms with van der Waals surface area (Å²) in [6.07, 6.45) is 2.97. The number of hydrogen-bond donors (Lipinski definition) is 1. The first-order valence-corrected chi connectivity index (χ1v) is 8.51. The van der Waals surface area contributed by atoms with E-state index in [-0.39, 0.29) is 5.75 Å². The lowest BCUT2D eigenvalue weighted by Crippen LogP contribution is -2.26. The maximum atomic E-state index is 11.1. The molecule has 5 nitrogen and oxygen atoms in total. The van der Waals surface area contributed by atoms with E-state index in [0.717, 1.165) is 18.7 Å². The van der Waals surface area contributed by atoms with Crippen molar-refractivity contribution < 1.29 is 8.42 Å². The molecule has 1 heterocycles. The zero-order valence-corrected chi connectivity index (χ0v) is 13.1. The van der Waals surface area contributed by atoms with E-state index in [2.05, 4.69) is 10.3 Å². The average Bonchev–Trinajstić information content (AvgIpc) is 2.32. The van der Waals surface area contributed by atoms with Gasteiger partial charge < -0.3 is 10.2 Å². The predicted molar refractivity (Wildman–Crippen MR) is 79.6 cm³/mol. The molecule has 1 aromatic rings. The Balaban J connectivity index is 2.72. The van der Waals surface area contributed by atoms with Crippen molar-refractivity contribution in [2.75, 3.05) is 37.0 Å². The first kappa shape index (κ1) is 16.2. The van der Waals surface area contributed by atoms with Gasteiger partial charge in [0.1, 0.15) is 15.7 Å². The standard InChI is InChI=1S/C12H20ClN3O2S/c1-4-14-8-10-7-11(13)12(15-9-10)16(2)5-6-19(3,17)18/h7,9,14H,4-6,8H2,1-3H3. The molecule has 108 valence electrons. The fourth-order valence-corrected chi connectivity index (χ4v) is 2.46. The fourth-order valence-electron chi connectivity index (χ4n) is 1.53. The number of nitrogens with zero attached hydrogens (tertiary/aromatic N) is 2. The highest BCUT2D eigenvalue weighted by atomic mass is 35.5. The molecule has 0 amide bonds.